The highest BCUT2D eigenvalue weighted by Gasteiger charge is 2.38. The molecule has 1 aromatic rings. The molecule has 2 atom stereocenters. The lowest BCUT2D eigenvalue weighted by Crippen LogP contribution is -2.40. The Labute approximate surface area is 119 Å². The molecule has 21 heavy (non-hydrogen) atoms. The van der Waals surface area contributed by atoms with Gasteiger partial charge in [-0.3, -0.25) is 14.5 Å². The summed E-state index contributed by atoms with van der Waals surface area (Å²) >= 11 is 0. The standard InChI is InChI=1S/C9H13N8O3P/c1-16-8(13-6-7(10)11-3-12-9(6)16)5-2-17(15-14-5)4-21(18,19)20/h2-3,8-9H,4H2,1H3,(H2,10,11,12)(H2,18,19,20). The molecule has 0 bridgehead atoms. The Hall–Kier alpha value is -1.94. The average Bonchev–Trinajstić information content (AvgIpc) is 2.94. The fourth-order valence-electron chi connectivity index (χ4n) is 2.18. The number of rotatable bonds is 3. The second kappa shape index (κ2) is 4.81. The molecule has 4 N–H and O–H groups in total. The monoisotopic (exact) mass is 312 g/mol. The van der Waals surface area contributed by atoms with Crippen molar-refractivity contribution in [2.24, 2.45) is 20.7 Å². The van der Waals surface area contributed by atoms with Crippen LogP contribution in [0.3, 0.4) is 0 Å². The van der Waals surface area contributed by atoms with Crippen LogP contribution in [0.25, 0.3) is 0 Å². The molecular weight excluding hydrogens is 299 g/mol. The molecule has 11 nitrogen and oxygen atoms in total. The van der Waals surface area contributed by atoms with E-state index in [9.17, 15) is 4.57 Å². The molecule has 12 heteroatoms. The van der Waals surface area contributed by atoms with Gasteiger partial charge < -0.3 is 15.5 Å². The zero-order valence-electron chi connectivity index (χ0n) is 11.0. The number of aromatic nitrogens is 3. The lowest BCUT2D eigenvalue weighted by molar-refractivity contribution is 0.249. The van der Waals surface area contributed by atoms with Gasteiger partial charge in [0.1, 0.15) is 29.9 Å². The normalized spacial score (nSPS) is 25.7. The topological polar surface area (TPSA) is 155 Å². The van der Waals surface area contributed by atoms with Crippen molar-refractivity contribution in [1.82, 2.24) is 19.9 Å². The molecule has 2 aliphatic heterocycles. The largest absolute Gasteiger partial charge is 0.382 e. The van der Waals surface area contributed by atoms with Crippen LogP contribution in [-0.4, -0.2) is 60.8 Å². The Morgan fingerprint density at radius 1 is 1.43 bits per heavy atom. The fourth-order valence-corrected chi connectivity index (χ4v) is 2.70. The molecule has 0 aliphatic carbocycles. The minimum Gasteiger partial charge on any atom is -0.382 e. The smallest absolute Gasteiger partial charge is 0.346 e. The molecule has 3 rings (SSSR count). The third-order valence-electron chi connectivity index (χ3n) is 3.09. The highest BCUT2D eigenvalue weighted by Crippen LogP contribution is 2.36. The summed E-state index contributed by atoms with van der Waals surface area (Å²) in [6, 6.07) is 0. The van der Waals surface area contributed by atoms with Gasteiger partial charge in [0, 0.05) is 0 Å². The maximum absolute atomic E-state index is 11.0. The van der Waals surface area contributed by atoms with Crippen molar-refractivity contribution >= 4 is 25.5 Å². The van der Waals surface area contributed by atoms with Gasteiger partial charge in [-0.15, -0.1) is 5.10 Å². The van der Waals surface area contributed by atoms with Crippen molar-refractivity contribution in [1.29, 1.82) is 0 Å². The van der Waals surface area contributed by atoms with E-state index in [1.54, 1.807) is 7.05 Å². The predicted molar refractivity (Wildman–Crippen MR) is 73.9 cm³/mol. The summed E-state index contributed by atoms with van der Waals surface area (Å²) in [5.41, 5.74) is 6.77. The molecule has 1 aromatic heterocycles. The Kier molecular flexibility index (Phi) is 3.21. The van der Waals surface area contributed by atoms with Crippen LogP contribution < -0.4 is 5.73 Å². The van der Waals surface area contributed by atoms with E-state index in [1.165, 1.54) is 12.5 Å². The van der Waals surface area contributed by atoms with Crippen LogP contribution in [0.4, 0.5) is 0 Å². The number of hydrogen-bond donors (Lipinski definition) is 3. The van der Waals surface area contributed by atoms with E-state index in [2.05, 4.69) is 25.3 Å². The molecule has 0 spiro atoms. The molecule has 0 fully saturated rings. The fraction of sp³-hybridized carbons (Fsp3) is 0.444. The van der Waals surface area contributed by atoms with E-state index >= 15 is 0 Å². The third kappa shape index (κ3) is 2.63. The number of fused-ring (bicyclic) bond motifs is 1. The first-order valence-corrected chi connectivity index (χ1v) is 7.74. The first kappa shape index (κ1) is 14.0. The number of nitrogens with two attached hydrogens (primary N) is 1. The SMILES string of the molecule is CN1C2N=CN=C(N)C2=NC1c1cn(CP(=O)(O)O)nn1. The summed E-state index contributed by atoms with van der Waals surface area (Å²) in [7, 11) is -2.41. The van der Waals surface area contributed by atoms with Gasteiger partial charge in [0.25, 0.3) is 0 Å². The lowest BCUT2D eigenvalue weighted by Gasteiger charge is -2.21. The van der Waals surface area contributed by atoms with Crippen molar-refractivity contribution in [2.45, 2.75) is 18.6 Å². The van der Waals surface area contributed by atoms with Gasteiger partial charge >= 0.3 is 7.60 Å². The first-order chi connectivity index (χ1) is 9.85. The van der Waals surface area contributed by atoms with E-state index in [0.29, 0.717) is 17.2 Å². The summed E-state index contributed by atoms with van der Waals surface area (Å²) in [6.45, 7) is 0. The van der Waals surface area contributed by atoms with E-state index in [0.717, 1.165) is 4.68 Å². The molecule has 0 aromatic carbocycles. The van der Waals surface area contributed by atoms with Crippen molar-refractivity contribution in [3.63, 3.8) is 0 Å². The Morgan fingerprint density at radius 2 is 2.19 bits per heavy atom. The summed E-state index contributed by atoms with van der Waals surface area (Å²) in [5.74, 6) is 0.298. The molecule has 2 unspecified atom stereocenters. The zero-order chi connectivity index (χ0) is 15.2. The van der Waals surface area contributed by atoms with E-state index in [-0.39, 0.29) is 6.17 Å². The molecule has 3 heterocycles. The van der Waals surface area contributed by atoms with Gasteiger partial charge in [0.05, 0.1) is 6.20 Å². The second-order valence-electron chi connectivity index (χ2n) is 4.70. The highest BCUT2D eigenvalue weighted by atomic mass is 31.2. The van der Waals surface area contributed by atoms with E-state index in [4.69, 9.17) is 15.5 Å². The van der Waals surface area contributed by atoms with Crippen LogP contribution in [-0.2, 0) is 10.9 Å². The van der Waals surface area contributed by atoms with Gasteiger partial charge in [-0.25, -0.2) is 14.7 Å². The molecule has 0 saturated heterocycles. The molecule has 112 valence electrons. The number of amidine groups is 1. The Balaban J connectivity index is 1.87. The number of aliphatic imine (C=N–C) groups is 3. The average molecular weight is 312 g/mol. The van der Waals surface area contributed by atoms with Gasteiger partial charge in [-0.1, -0.05) is 5.21 Å². The summed E-state index contributed by atoms with van der Waals surface area (Å²) in [5, 5.41) is 7.60. The zero-order valence-corrected chi connectivity index (χ0v) is 11.9. The third-order valence-corrected chi connectivity index (χ3v) is 3.75. The number of nitrogens with zero attached hydrogens (tertiary/aromatic N) is 7. The second-order valence-corrected chi connectivity index (χ2v) is 6.31. The van der Waals surface area contributed by atoms with E-state index < -0.39 is 20.0 Å². The van der Waals surface area contributed by atoms with E-state index in [1.807, 2.05) is 4.90 Å². The van der Waals surface area contributed by atoms with Gasteiger partial charge in [0.15, 0.2) is 12.3 Å². The minimum atomic E-state index is -4.21. The van der Waals surface area contributed by atoms with Gasteiger partial charge in [0.2, 0.25) is 0 Å². The van der Waals surface area contributed by atoms with Crippen molar-refractivity contribution in [2.75, 3.05) is 7.05 Å². The number of hydrogen-bond acceptors (Lipinski definition) is 8. The molecule has 0 radical (unpaired) electrons. The summed E-state index contributed by atoms with van der Waals surface area (Å²) in [4.78, 5) is 32.2. The molecule has 2 aliphatic rings. The quantitative estimate of drug-likeness (QED) is 0.575. The molecule has 0 saturated carbocycles. The van der Waals surface area contributed by atoms with Crippen LogP contribution in [0.5, 0.6) is 0 Å². The van der Waals surface area contributed by atoms with Crippen LogP contribution in [0.15, 0.2) is 21.2 Å². The van der Waals surface area contributed by atoms with Crippen LogP contribution >= 0.6 is 7.60 Å². The maximum atomic E-state index is 11.0. The van der Waals surface area contributed by atoms with Crippen LogP contribution in [0.2, 0.25) is 0 Å². The van der Waals surface area contributed by atoms with Crippen LogP contribution in [0.1, 0.15) is 11.9 Å². The first-order valence-electron chi connectivity index (χ1n) is 5.95. The van der Waals surface area contributed by atoms with Crippen molar-refractivity contribution < 1.29 is 14.4 Å². The Morgan fingerprint density at radius 3 is 2.86 bits per heavy atom. The minimum absolute atomic E-state index is 0.298. The predicted octanol–water partition coefficient (Wildman–Crippen LogP) is -1.48. The maximum Gasteiger partial charge on any atom is 0.346 e. The van der Waals surface area contributed by atoms with Gasteiger partial charge in [-0.2, -0.15) is 0 Å². The summed E-state index contributed by atoms with van der Waals surface area (Å²) < 4.78 is 12.1. The highest BCUT2D eigenvalue weighted by molar-refractivity contribution is 7.50. The summed E-state index contributed by atoms with van der Waals surface area (Å²) in [6.07, 6.45) is 1.48. The molecular formula is C9H13N8O3P. The van der Waals surface area contributed by atoms with Crippen LogP contribution in [0, 0.1) is 0 Å². The Bertz CT molecular complexity index is 704. The van der Waals surface area contributed by atoms with Crippen molar-refractivity contribution in [3.05, 3.63) is 11.9 Å². The van der Waals surface area contributed by atoms with Gasteiger partial charge in [-0.05, 0) is 7.05 Å². The lowest BCUT2D eigenvalue weighted by atomic mass is 10.2. The van der Waals surface area contributed by atoms with Crippen molar-refractivity contribution in [3.8, 4) is 0 Å². The molecule has 0 amide bonds.